The Hall–Kier alpha value is -2.01. The lowest BCUT2D eigenvalue weighted by Crippen LogP contribution is -2.34. The van der Waals surface area contributed by atoms with Crippen molar-refractivity contribution >= 4 is 22.0 Å². The van der Waals surface area contributed by atoms with Gasteiger partial charge in [-0.05, 0) is 23.8 Å². The highest BCUT2D eigenvalue weighted by Gasteiger charge is 2.04. The minimum absolute atomic E-state index is 0.205. The van der Waals surface area contributed by atoms with Gasteiger partial charge in [0.05, 0.1) is 7.11 Å². The van der Waals surface area contributed by atoms with E-state index >= 15 is 0 Å². The van der Waals surface area contributed by atoms with Gasteiger partial charge in [-0.3, -0.25) is 0 Å². The van der Waals surface area contributed by atoms with Crippen molar-refractivity contribution in [3.63, 3.8) is 0 Å². The number of benzene rings is 2. The Kier molecular flexibility index (Phi) is 5.63. The normalized spacial score (nSPS) is 10.0. The smallest absolute Gasteiger partial charge is 0.315 e. The molecule has 5 heteroatoms. The van der Waals surface area contributed by atoms with Crippen LogP contribution in [-0.4, -0.2) is 13.1 Å². The van der Waals surface area contributed by atoms with Gasteiger partial charge in [0.25, 0.3) is 0 Å². The van der Waals surface area contributed by atoms with Gasteiger partial charge in [-0.15, -0.1) is 0 Å². The summed E-state index contributed by atoms with van der Waals surface area (Å²) in [6.07, 6.45) is 0. The number of carbonyl (C=O) groups excluding carboxylic acids is 1. The lowest BCUT2D eigenvalue weighted by atomic mass is 10.2. The third kappa shape index (κ3) is 4.79. The number of nitrogens with one attached hydrogen (secondary N) is 2. The summed E-state index contributed by atoms with van der Waals surface area (Å²) in [6, 6.07) is 15.2. The van der Waals surface area contributed by atoms with E-state index in [1.165, 1.54) is 0 Å². The van der Waals surface area contributed by atoms with E-state index in [0.717, 1.165) is 21.3 Å². The van der Waals surface area contributed by atoms with E-state index in [4.69, 9.17) is 4.74 Å². The monoisotopic (exact) mass is 348 g/mol. The van der Waals surface area contributed by atoms with Crippen LogP contribution in [0.1, 0.15) is 11.1 Å². The minimum Gasteiger partial charge on any atom is -0.496 e. The maximum atomic E-state index is 11.8. The van der Waals surface area contributed by atoms with Crippen LogP contribution in [-0.2, 0) is 13.1 Å². The molecule has 0 aliphatic heterocycles. The van der Waals surface area contributed by atoms with Crippen molar-refractivity contribution in [1.29, 1.82) is 0 Å². The van der Waals surface area contributed by atoms with Crippen LogP contribution in [0.3, 0.4) is 0 Å². The van der Waals surface area contributed by atoms with Gasteiger partial charge in [0.2, 0.25) is 0 Å². The SMILES string of the molecule is COc1ccccc1CNC(=O)NCc1ccc(Br)cc1. The van der Waals surface area contributed by atoms with E-state index in [2.05, 4.69) is 26.6 Å². The van der Waals surface area contributed by atoms with Crippen LogP contribution in [0.4, 0.5) is 4.79 Å². The van der Waals surface area contributed by atoms with Crippen molar-refractivity contribution in [2.75, 3.05) is 7.11 Å². The lowest BCUT2D eigenvalue weighted by Gasteiger charge is -2.10. The maximum Gasteiger partial charge on any atom is 0.315 e. The molecule has 21 heavy (non-hydrogen) atoms. The van der Waals surface area contributed by atoms with Crippen molar-refractivity contribution in [2.45, 2.75) is 13.1 Å². The van der Waals surface area contributed by atoms with Gasteiger partial charge < -0.3 is 15.4 Å². The van der Waals surface area contributed by atoms with Crippen molar-refractivity contribution in [3.8, 4) is 5.75 Å². The number of carbonyl (C=O) groups is 1. The van der Waals surface area contributed by atoms with E-state index in [0.29, 0.717) is 13.1 Å². The fraction of sp³-hybridized carbons (Fsp3) is 0.188. The number of halogens is 1. The summed E-state index contributed by atoms with van der Waals surface area (Å²) in [5.41, 5.74) is 1.99. The lowest BCUT2D eigenvalue weighted by molar-refractivity contribution is 0.240. The first-order valence-electron chi connectivity index (χ1n) is 6.57. The summed E-state index contributed by atoms with van der Waals surface area (Å²) in [4.78, 5) is 11.8. The predicted octanol–water partition coefficient (Wildman–Crippen LogP) is 3.46. The Morgan fingerprint density at radius 2 is 1.71 bits per heavy atom. The molecule has 0 radical (unpaired) electrons. The molecular formula is C16H17BrN2O2. The Labute approximate surface area is 132 Å². The van der Waals surface area contributed by atoms with Crippen molar-refractivity contribution in [3.05, 3.63) is 64.1 Å². The third-order valence-electron chi connectivity index (χ3n) is 3.00. The zero-order chi connectivity index (χ0) is 15.1. The number of urea groups is 1. The predicted molar refractivity (Wildman–Crippen MR) is 86.2 cm³/mol. The quantitative estimate of drug-likeness (QED) is 0.869. The Balaban J connectivity index is 1.81. The number of amides is 2. The van der Waals surface area contributed by atoms with Crippen LogP contribution in [0.5, 0.6) is 5.75 Å². The molecule has 0 atom stereocenters. The summed E-state index contributed by atoms with van der Waals surface area (Å²) in [7, 11) is 1.62. The number of rotatable bonds is 5. The van der Waals surface area contributed by atoms with E-state index in [1.807, 2.05) is 48.5 Å². The van der Waals surface area contributed by atoms with Gasteiger partial charge >= 0.3 is 6.03 Å². The van der Waals surface area contributed by atoms with Gasteiger partial charge in [-0.1, -0.05) is 46.3 Å². The molecule has 2 aromatic carbocycles. The molecule has 2 aromatic rings. The first kappa shape index (κ1) is 15.4. The van der Waals surface area contributed by atoms with E-state index in [1.54, 1.807) is 7.11 Å². The van der Waals surface area contributed by atoms with E-state index in [9.17, 15) is 4.79 Å². The number of ether oxygens (including phenoxy) is 1. The number of para-hydroxylation sites is 1. The molecule has 0 saturated carbocycles. The van der Waals surface area contributed by atoms with Gasteiger partial charge in [-0.25, -0.2) is 4.79 Å². The molecule has 0 aliphatic rings. The average Bonchev–Trinajstić information content (AvgIpc) is 2.52. The van der Waals surface area contributed by atoms with Gasteiger partial charge in [-0.2, -0.15) is 0 Å². The summed E-state index contributed by atoms with van der Waals surface area (Å²) in [5, 5.41) is 5.64. The molecule has 2 N–H and O–H groups in total. The zero-order valence-corrected chi connectivity index (χ0v) is 13.3. The number of hydrogen-bond acceptors (Lipinski definition) is 2. The van der Waals surface area contributed by atoms with Crippen LogP contribution in [0.25, 0.3) is 0 Å². The third-order valence-corrected chi connectivity index (χ3v) is 3.53. The molecule has 2 rings (SSSR count). The zero-order valence-electron chi connectivity index (χ0n) is 11.7. The van der Waals surface area contributed by atoms with E-state index in [-0.39, 0.29) is 6.03 Å². The van der Waals surface area contributed by atoms with E-state index < -0.39 is 0 Å². The largest absolute Gasteiger partial charge is 0.496 e. The molecule has 0 spiro atoms. The molecule has 0 bridgehead atoms. The molecule has 110 valence electrons. The fourth-order valence-corrected chi connectivity index (χ4v) is 2.14. The summed E-state index contributed by atoms with van der Waals surface area (Å²) in [5.74, 6) is 0.769. The Morgan fingerprint density at radius 3 is 2.43 bits per heavy atom. The van der Waals surface area contributed by atoms with Crippen LogP contribution in [0, 0.1) is 0 Å². The highest BCUT2D eigenvalue weighted by atomic mass is 79.9. The Bertz CT molecular complexity index is 599. The van der Waals surface area contributed by atoms with Gasteiger partial charge in [0, 0.05) is 23.1 Å². The molecule has 2 amide bonds. The first-order valence-corrected chi connectivity index (χ1v) is 7.36. The van der Waals surface area contributed by atoms with Crippen molar-refractivity contribution in [1.82, 2.24) is 10.6 Å². The van der Waals surface area contributed by atoms with Gasteiger partial charge in [0.15, 0.2) is 0 Å². The second kappa shape index (κ2) is 7.69. The highest BCUT2D eigenvalue weighted by molar-refractivity contribution is 9.10. The summed E-state index contributed by atoms with van der Waals surface area (Å²) < 4.78 is 6.26. The van der Waals surface area contributed by atoms with Gasteiger partial charge in [0.1, 0.15) is 5.75 Å². The summed E-state index contributed by atoms with van der Waals surface area (Å²) in [6.45, 7) is 0.918. The molecule has 0 aliphatic carbocycles. The van der Waals surface area contributed by atoms with Crippen LogP contribution in [0.2, 0.25) is 0 Å². The Morgan fingerprint density at radius 1 is 1.05 bits per heavy atom. The minimum atomic E-state index is -0.205. The standard InChI is InChI=1S/C16H17BrN2O2/c1-21-15-5-3-2-4-13(15)11-19-16(20)18-10-12-6-8-14(17)9-7-12/h2-9H,10-11H2,1H3,(H2,18,19,20). The second-order valence-corrected chi connectivity index (χ2v) is 5.39. The molecule has 0 aromatic heterocycles. The topological polar surface area (TPSA) is 50.4 Å². The number of methoxy groups -OCH3 is 1. The molecular weight excluding hydrogens is 332 g/mol. The highest BCUT2D eigenvalue weighted by Crippen LogP contribution is 2.16. The molecule has 0 heterocycles. The van der Waals surface area contributed by atoms with Crippen LogP contribution < -0.4 is 15.4 Å². The van der Waals surface area contributed by atoms with Crippen LogP contribution in [0.15, 0.2) is 53.0 Å². The number of hydrogen-bond donors (Lipinski definition) is 2. The fourth-order valence-electron chi connectivity index (χ4n) is 1.87. The average molecular weight is 349 g/mol. The summed E-state index contributed by atoms with van der Waals surface area (Å²) >= 11 is 3.38. The second-order valence-electron chi connectivity index (χ2n) is 4.47. The maximum absolute atomic E-state index is 11.8. The van der Waals surface area contributed by atoms with Crippen LogP contribution >= 0.6 is 15.9 Å². The molecule has 0 saturated heterocycles. The molecule has 0 fully saturated rings. The molecule has 0 unspecified atom stereocenters. The van der Waals surface area contributed by atoms with Crippen molar-refractivity contribution in [2.24, 2.45) is 0 Å². The molecule has 4 nitrogen and oxygen atoms in total. The van der Waals surface area contributed by atoms with Crippen molar-refractivity contribution < 1.29 is 9.53 Å². The first-order chi connectivity index (χ1) is 10.2.